The number of nitrogens with zero attached hydrogens (tertiary/aromatic N) is 5. The Balaban J connectivity index is 1.43. The minimum absolute atomic E-state index is 0.0776. The minimum Gasteiger partial charge on any atom is -0.357 e. The third-order valence-corrected chi connectivity index (χ3v) is 6.10. The summed E-state index contributed by atoms with van der Waals surface area (Å²) < 4.78 is 0.984. The summed E-state index contributed by atoms with van der Waals surface area (Å²) in [6.45, 7) is 4.02. The summed E-state index contributed by atoms with van der Waals surface area (Å²) in [4.78, 5) is 30.0. The standard InChI is InChI=1S/C19H20N6OS/c26-17-12-20-5-8-25(17)14-9-15-18(22-11-14)23-19(27-15)13-3-4-16(21-10-13)24-6-1-2-7-24/h3-4,9-11,20H,1-2,5-8,12H2. The molecule has 0 aromatic carbocycles. The Morgan fingerprint density at radius 2 is 1.96 bits per heavy atom. The van der Waals surface area contributed by atoms with E-state index in [1.165, 1.54) is 12.8 Å². The highest BCUT2D eigenvalue weighted by Gasteiger charge is 2.20. The topological polar surface area (TPSA) is 74.2 Å². The normalized spacial score (nSPS) is 17.9. The lowest BCUT2D eigenvalue weighted by molar-refractivity contribution is -0.118. The highest BCUT2D eigenvalue weighted by atomic mass is 32.1. The number of hydrogen-bond acceptors (Lipinski definition) is 7. The Morgan fingerprint density at radius 1 is 1.07 bits per heavy atom. The highest BCUT2D eigenvalue weighted by molar-refractivity contribution is 7.21. The largest absolute Gasteiger partial charge is 0.357 e. The van der Waals surface area contributed by atoms with E-state index in [2.05, 4.69) is 37.3 Å². The number of hydrogen-bond donors (Lipinski definition) is 1. The fraction of sp³-hybridized carbons (Fsp3) is 0.368. The molecule has 2 aliphatic rings. The van der Waals surface area contributed by atoms with E-state index in [1.54, 1.807) is 22.4 Å². The van der Waals surface area contributed by atoms with Crippen molar-refractivity contribution in [2.24, 2.45) is 0 Å². The Kier molecular flexibility index (Phi) is 4.21. The zero-order valence-corrected chi connectivity index (χ0v) is 15.7. The second kappa shape index (κ2) is 6.86. The molecule has 0 atom stereocenters. The van der Waals surface area contributed by atoms with Gasteiger partial charge in [0.2, 0.25) is 5.91 Å². The van der Waals surface area contributed by atoms with E-state index in [0.717, 1.165) is 46.4 Å². The van der Waals surface area contributed by atoms with Gasteiger partial charge in [0.25, 0.3) is 0 Å². The summed E-state index contributed by atoms with van der Waals surface area (Å²) in [5.74, 6) is 1.11. The molecule has 27 heavy (non-hydrogen) atoms. The van der Waals surface area contributed by atoms with Gasteiger partial charge in [0, 0.05) is 37.9 Å². The van der Waals surface area contributed by atoms with Crippen molar-refractivity contribution in [2.45, 2.75) is 12.8 Å². The van der Waals surface area contributed by atoms with Crippen LogP contribution in [0, 0.1) is 0 Å². The zero-order chi connectivity index (χ0) is 18.2. The van der Waals surface area contributed by atoms with Crippen molar-refractivity contribution in [3.8, 4) is 10.6 Å². The van der Waals surface area contributed by atoms with E-state index in [4.69, 9.17) is 0 Å². The van der Waals surface area contributed by atoms with Crippen LogP contribution < -0.4 is 15.1 Å². The molecule has 0 saturated carbocycles. The molecule has 1 N–H and O–H groups in total. The molecule has 0 radical (unpaired) electrons. The smallest absolute Gasteiger partial charge is 0.241 e. The number of piperazine rings is 1. The van der Waals surface area contributed by atoms with Gasteiger partial charge in [-0.3, -0.25) is 4.79 Å². The number of nitrogens with one attached hydrogen (secondary N) is 1. The van der Waals surface area contributed by atoms with Crippen LogP contribution in [0.4, 0.5) is 11.5 Å². The molecule has 8 heteroatoms. The number of carbonyl (C=O) groups is 1. The predicted molar refractivity (Wildman–Crippen MR) is 107 cm³/mol. The molecule has 7 nitrogen and oxygen atoms in total. The van der Waals surface area contributed by atoms with Gasteiger partial charge in [-0.1, -0.05) is 0 Å². The maximum Gasteiger partial charge on any atom is 0.241 e. The maximum atomic E-state index is 12.1. The van der Waals surface area contributed by atoms with Crippen LogP contribution in [-0.4, -0.2) is 53.6 Å². The van der Waals surface area contributed by atoms with E-state index < -0.39 is 0 Å². The van der Waals surface area contributed by atoms with Gasteiger partial charge in [-0.15, -0.1) is 11.3 Å². The zero-order valence-electron chi connectivity index (χ0n) is 14.9. The molecule has 2 aliphatic heterocycles. The number of aromatic nitrogens is 3. The molecule has 1 amide bonds. The molecule has 5 rings (SSSR count). The molecule has 0 spiro atoms. The maximum absolute atomic E-state index is 12.1. The van der Waals surface area contributed by atoms with Crippen LogP contribution in [0.1, 0.15) is 12.8 Å². The van der Waals surface area contributed by atoms with Crippen LogP contribution in [0.25, 0.3) is 20.9 Å². The van der Waals surface area contributed by atoms with Gasteiger partial charge in [-0.25, -0.2) is 15.0 Å². The lowest BCUT2D eigenvalue weighted by atomic mass is 10.3. The van der Waals surface area contributed by atoms with Crippen LogP contribution >= 0.6 is 11.3 Å². The number of anilines is 2. The van der Waals surface area contributed by atoms with Crippen molar-refractivity contribution in [1.29, 1.82) is 0 Å². The van der Waals surface area contributed by atoms with E-state index in [9.17, 15) is 4.79 Å². The minimum atomic E-state index is 0.0776. The summed E-state index contributed by atoms with van der Waals surface area (Å²) in [7, 11) is 0. The molecule has 0 unspecified atom stereocenters. The van der Waals surface area contributed by atoms with Crippen LogP contribution in [0.5, 0.6) is 0 Å². The van der Waals surface area contributed by atoms with Crippen molar-refractivity contribution < 1.29 is 4.79 Å². The first-order valence-electron chi connectivity index (χ1n) is 9.27. The van der Waals surface area contributed by atoms with Gasteiger partial charge in [0.1, 0.15) is 10.8 Å². The van der Waals surface area contributed by atoms with Crippen molar-refractivity contribution in [1.82, 2.24) is 20.3 Å². The van der Waals surface area contributed by atoms with Crippen LogP contribution in [-0.2, 0) is 4.79 Å². The van der Waals surface area contributed by atoms with Gasteiger partial charge in [0.05, 0.1) is 23.1 Å². The Morgan fingerprint density at radius 3 is 2.74 bits per heavy atom. The molecule has 0 aliphatic carbocycles. The fourth-order valence-corrected chi connectivity index (χ4v) is 4.55. The summed E-state index contributed by atoms with van der Waals surface area (Å²) in [5.41, 5.74) is 2.55. The number of pyridine rings is 2. The second-order valence-electron chi connectivity index (χ2n) is 6.86. The SMILES string of the molecule is O=C1CNCCN1c1cnc2nc(-c3ccc(N4CCCC4)nc3)sc2c1. The Labute approximate surface area is 161 Å². The molecule has 2 fully saturated rings. The van der Waals surface area contributed by atoms with Crippen molar-refractivity contribution in [3.05, 3.63) is 30.6 Å². The number of rotatable bonds is 3. The van der Waals surface area contributed by atoms with Gasteiger partial charge >= 0.3 is 0 Å². The van der Waals surface area contributed by atoms with Crippen LogP contribution in [0.15, 0.2) is 30.6 Å². The van der Waals surface area contributed by atoms with Gasteiger partial charge < -0.3 is 15.1 Å². The molecule has 3 aromatic rings. The molecular formula is C19H20N6OS. The highest BCUT2D eigenvalue weighted by Crippen LogP contribution is 2.32. The molecular weight excluding hydrogens is 360 g/mol. The first-order chi connectivity index (χ1) is 13.3. The van der Waals surface area contributed by atoms with Crippen molar-refractivity contribution in [2.75, 3.05) is 42.5 Å². The van der Waals surface area contributed by atoms with Gasteiger partial charge in [-0.05, 0) is 31.0 Å². The molecule has 5 heterocycles. The van der Waals surface area contributed by atoms with E-state index >= 15 is 0 Å². The lowest BCUT2D eigenvalue weighted by Gasteiger charge is -2.26. The van der Waals surface area contributed by atoms with Crippen LogP contribution in [0.2, 0.25) is 0 Å². The Hall–Kier alpha value is -2.58. The summed E-state index contributed by atoms with van der Waals surface area (Å²) in [6, 6.07) is 6.17. The summed E-state index contributed by atoms with van der Waals surface area (Å²) in [6.07, 6.45) is 6.12. The van der Waals surface area contributed by atoms with Crippen LogP contribution in [0.3, 0.4) is 0 Å². The lowest BCUT2D eigenvalue weighted by Crippen LogP contribution is -2.48. The van der Waals surface area contributed by atoms with E-state index in [0.29, 0.717) is 18.7 Å². The van der Waals surface area contributed by atoms with Gasteiger partial charge in [-0.2, -0.15) is 0 Å². The average Bonchev–Trinajstić information content (AvgIpc) is 3.38. The Bertz CT molecular complexity index is 980. The molecule has 2 saturated heterocycles. The van der Waals surface area contributed by atoms with Crippen molar-refractivity contribution in [3.63, 3.8) is 0 Å². The fourth-order valence-electron chi connectivity index (χ4n) is 3.61. The predicted octanol–water partition coefficient (Wildman–Crippen LogP) is 2.29. The second-order valence-corrected chi connectivity index (χ2v) is 7.89. The summed E-state index contributed by atoms with van der Waals surface area (Å²) >= 11 is 1.59. The number of amides is 1. The first kappa shape index (κ1) is 16.6. The third-order valence-electron chi connectivity index (χ3n) is 5.06. The first-order valence-corrected chi connectivity index (χ1v) is 10.1. The molecule has 0 bridgehead atoms. The quantitative estimate of drug-likeness (QED) is 0.752. The number of carbonyl (C=O) groups excluding carboxylic acids is 1. The molecule has 138 valence electrons. The monoisotopic (exact) mass is 380 g/mol. The summed E-state index contributed by atoms with van der Waals surface area (Å²) in [5, 5.41) is 3.99. The number of thiazole rings is 1. The third kappa shape index (κ3) is 3.15. The van der Waals surface area contributed by atoms with Gasteiger partial charge in [0.15, 0.2) is 5.65 Å². The average molecular weight is 380 g/mol. The van der Waals surface area contributed by atoms with E-state index in [1.807, 2.05) is 12.3 Å². The number of fused-ring (bicyclic) bond motifs is 1. The van der Waals surface area contributed by atoms with Crippen molar-refractivity contribution >= 4 is 39.1 Å². The molecule has 3 aromatic heterocycles. The van der Waals surface area contributed by atoms with E-state index in [-0.39, 0.29) is 5.91 Å².